The van der Waals surface area contributed by atoms with Crippen LogP contribution in [0.4, 0.5) is 5.95 Å². The minimum atomic E-state index is 0. The molecule has 0 unspecified atom stereocenters. The Bertz CT molecular complexity index is 407. The fourth-order valence-electron chi connectivity index (χ4n) is 1.55. The first-order valence-electron chi connectivity index (χ1n) is 6.13. The van der Waals surface area contributed by atoms with Crippen molar-refractivity contribution in [3.8, 4) is 0 Å². The van der Waals surface area contributed by atoms with E-state index in [2.05, 4.69) is 33.7 Å². The molecular formula is C11H20N4NaS2+. The van der Waals surface area contributed by atoms with Crippen LogP contribution in [0, 0.1) is 9.54 Å². The maximum absolute atomic E-state index is 5.09. The Morgan fingerprint density at radius 3 is 2.06 bits per heavy atom. The summed E-state index contributed by atoms with van der Waals surface area (Å²) < 4.78 is 0.986. The van der Waals surface area contributed by atoms with Crippen LogP contribution in [0.5, 0.6) is 0 Å². The molecule has 0 aliphatic heterocycles. The van der Waals surface area contributed by atoms with E-state index in [0.29, 0.717) is 9.54 Å². The summed E-state index contributed by atoms with van der Waals surface area (Å²) in [5, 5.41) is 0. The van der Waals surface area contributed by atoms with Gasteiger partial charge in [0, 0.05) is 13.1 Å². The van der Waals surface area contributed by atoms with Gasteiger partial charge < -0.3 is 14.9 Å². The van der Waals surface area contributed by atoms with Crippen molar-refractivity contribution < 1.29 is 29.6 Å². The Kier molecular flexibility index (Phi) is 10.2. The van der Waals surface area contributed by atoms with Gasteiger partial charge in [-0.25, -0.2) is 0 Å². The Labute approximate surface area is 141 Å². The number of unbranched alkanes of at least 4 members (excludes halogenated alkanes) is 2. The Morgan fingerprint density at radius 1 is 1.06 bits per heavy atom. The molecule has 1 rings (SSSR count). The normalized spacial score (nSPS) is 9.89. The van der Waals surface area contributed by atoms with Gasteiger partial charge in [0.05, 0.1) is 0 Å². The molecule has 18 heavy (non-hydrogen) atoms. The number of aromatic nitrogens is 3. The fraction of sp³-hybridized carbons (Fsp3) is 0.727. The summed E-state index contributed by atoms with van der Waals surface area (Å²) in [5.41, 5.74) is 0. The van der Waals surface area contributed by atoms with Crippen LogP contribution >= 0.6 is 24.4 Å². The maximum Gasteiger partial charge on any atom is 1.00 e. The van der Waals surface area contributed by atoms with Gasteiger partial charge in [-0.2, -0.15) is 4.98 Å². The van der Waals surface area contributed by atoms with Gasteiger partial charge in [0.15, 0.2) is 4.77 Å². The number of hydrogen-bond donors (Lipinski definition) is 2. The van der Waals surface area contributed by atoms with Crippen molar-refractivity contribution in [1.82, 2.24) is 15.0 Å². The monoisotopic (exact) mass is 295 g/mol. The van der Waals surface area contributed by atoms with Crippen LogP contribution in [0.2, 0.25) is 0 Å². The van der Waals surface area contributed by atoms with Crippen molar-refractivity contribution in [1.29, 1.82) is 0 Å². The zero-order valence-electron chi connectivity index (χ0n) is 11.5. The van der Waals surface area contributed by atoms with E-state index in [-0.39, 0.29) is 29.6 Å². The van der Waals surface area contributed by atoms with Crippen LogP contribution in [0.3, 0.4) is 0 Å². The van der Waals surface area contributed by atoms with Crippen molar-refractivity contribution in [3.05, 3.63) is 9.54 Å². The number of nitrogens with one attached hydrogen (secondary N) is 2. The van der Waals surface area contributed by atoms with E-state index < -0.39 is 0 Å². The third-order valence-corrected chi connectivity index (χ3v) is 2.91. The quantitative estimate of drug-likeness (QED) is 0.571. The van der Waals surface area contributed by atoms with Crippen molar-refractivity contribution in [3.63, 3.8) is 0 Å². The minimum absolute atomic E-state index is 0. The number of H-pyrrole nitrogens is 2. The number of rotatable bonds is 7. The van der Waals surface area contributed by atoms with Crippen LogP contribution in [0.15, 0.2) is 0 Å². The SMILES string of the molecule is CCCCN(CCCC)c1nc(=S)[nH]c(=S)[nH]1.[Na+]. The summed E-state index contributed by atoms with van der Waals surface area (Å²) in [7, 11) is 0. The summed E-state index contributed by atoms with van der Waals surface area (Å²) >= 11 is 10.1. The molecule has 0 atom stereocenters. The van der Waals surface area contributed by atoms with Gasteiger partial charge in [0.25, 0.3) is 0 Å². The molecule has 4 nitrogen and oxygen atoms in total. The minimum Gasteiger partial charge on any atom is -0.342 e. The van der Waals surface area contributed by atoms with E-state index in [1.165, 1.54) is 12.8 Å². The first-order valence-corrected chi connectivity index (χ1v) is 6.94. The first-order chi connectivity index (χ1) is 8.17. The molecule has 0 fully saturated rings. The summed E-state index contributed by atoms with van der Waals surface area (Å²) in [5.74, 6) is 0.792. The maximum atomic E-state index is 5.09. The topological polar surface area (TPSA) is 47.7 Å². The van der Waals surface area contributed by atoms with Gasteiger partial charge in [0.2, 0.25) is 10.7 Å². The summed E-state index contributed by atoms with van der Waals surface area (Å²) in [6.45, 7) is 6.36. The molecule has 1 aromatic rings. The molecule has 96 valence electrons. The molecule has 0 aliphatic carbocycles. The molecule has 0 radical (unpaired) electrons. The molecule has 0 saturated heterocycles. The molecule has 1 aromatic heterocycles. The zero-order chi connectivity index (χ0) is 12.7. The second-order valence-electron chi connectivity index (χ2n) is 4.01. The molecule has 2 N–H and O–H groups in total. The summed E-state index contributed by atoms with van der Waals surface area (Å²) in [6, 6.07) is 0. The first kappa shape index (κ1) is 18.2. The Hall–Kier alpha value is 0.250. The van der Waals surface area contributed by atoms with Gasteiger partial charge in [-0.15, -0.1) is 0 Å². The predicted octanol–water partition coefficient (Wildman–Crippen LogP) is 0.607. The standard InChI is InChI=1S/C11H20N4S2.Na/c1-3-5-7-15(8-6-4-2)9-12-10(16)14-11(17)13-9;/h3-8H2,1-2H3,(H2,12,13,14,16,17);/q;+1. The van der Waals surface area contributed by atoms with Crippen LogP contribution < -0.4 is 34.5 Å². The molecule has 0 spiro atoms. The van der Waals surface area contributed by atoms with Crippen LogP contribution in [-0.4, -0.2) is 28.0 Å². The van der Waals surface area contributed by atoms with E-state index >= 15 is 0 Å². The fourth-order valence-corrected chi connectivity index (χ4v) is 1.99. The average Bonchev–Trinajstić information content (AvgIpc) is 2.28. The molecule has 1 heterocycles. The third-order valence-electron chi connectivity index (χ3n) is 2.52. The second kappa shape index (κ2) is 10.1. The molecule has 0 saturated carbocycles. The summed E-state index contributed by atoms with van der Waals surface area (Å²) in [6.07, 6.45) is 4.64. The van der Waals surface area contributed by atoms with Gasteiger partial charge in [-0.1, -0.05) is 26.7 Å². The van der Waals surface area contributed by atoms with E-state index in [9.17, 15) is 0 Å². The Balaban J connectivity index is 0.00000289. The molecule has 0 aliphatic rings. The molecule has 0 bridgehead atoms. The van der Waals surface area contributed by atoms with Crippen molar-refractivity contribution >= 4 is 30.4 Å². The van der Waals surface area contributed by atoms with Crippen LogP contribution in [0.25, 0.3) is 0 Å². The molecule has 7 heteroatoms. The molecule has 0 amide bonds. The molecular weight excluding hydrogens is 275 g/mol. The van der Waals surface area contributed by atoms with Crippen molar-refractivity contribution in [2.75, 3.05) is 18.0 Å². The second-order valence-corrected chi connectivity index (χ2v) is 4.81. The van der Waals surface area contributed by atoms with E-state index in [1.54, 1.807) is 0 Å². The van der Waals surface area contributed by atoms with E-state index in [0.717, 1.165) is 31.9 Å². The number of hydrogen-bond acceptors (Lipinski definition) is 4. The largest absolute Gasteiger partial charge is 1.00 e. The predicted molar refractivity (Wildman–Crippen MR) is 76.6 cm³/mol. The van der Waals surface area contributed by atoms with Gasteiger partial charge in [-0.3, -0.25) is 0 Å². The molecule has 0 aromatic carbocycles. The van der Waals surface area contributed by atoms with Gasteiger partial charge >= 0.3 is 29.6 Å². The van der Waals surface area contributed by atoms with Gasteiger partial charge in [0.1, 0.15) is 0 Å². The smallest absolute Gasteiger partial charge is 0.342 e. The zero-order valence-corrected chi connectivity index (χ0v) is 15.1. The van der Waals surface area contributed by atoms with Crippen molar-refractivity contribution in [2.45, 2.75) is 39.5 Å². The van der Waals surface area contributed by atoms with E-state index in [1.807, 2.05) is 0 Å². The number of aromatic amines is 2. The number of anilines is 1. The number of nitrogens with zero attached hydrogens (tertiary/aromatic N) is 2. The Morgan fingerprint density at radius 2 is 1.61 bits per heavy atom. The van der Waals surface area contributed by atoms with E-state index in [4.69, 9.17) is 24.4 Å². The van der Waals surface area contributed by atoms with Crippen LogP contribution in [0.1, 0.15) is 39.5 Å². The van der Waals surface area contributed by atoms with Crippen molar-refractivity contribution in [2.24, 2.45) is 0 Å². The van der Waals surface area contributed by atoms with Crippen LogP contribution in [-0.2, 0) is 0 Å². The third kappa shape index (κ3) is 6.43. The summed E-state index contributed by atoms with van der Waals surface area (Å²) in [4.78, 5) is 12.4. The van der Waals surface area contributed by atoms with Gasteiger partial charge in [-0.05, 0) is 37.3 Å². The average molecular weight is 295 g/mol.